The Bertz CT molecular complexity index is 2040. The Balaban J connectivity index is 0.993. The molecule has 2 saturated carbocycles. The van der Waals surface area contributed by atoms with Gasteiger partial charge in [0.25, 0.3) is 0 Å². The number of imidazole rings is 2. The van der Waals surface area contributed by atoms with Crippen LogP contribution >= 0.6 is 0 Å². The molecule has 5 aromatic rings. The van der Waals surface area contributed by atoms with Gasteiger partial charge in [-0.15, -0.1) is 0 Å². The first-order valence-electron chi connectivity index (χ1n) is 19.1. The van der Waals surface area contributed by atoms with Gasteiger partial charge in [0.05, 0.1) is 43.4 Å². The highest BCUT2D eigenvalue weighted by molar-refractivity contribution is 5.90. The molecule has 0 aliphatic heterocycles. The number of hydrogen-bond acceptors (Lipinski definition) is 6. The number of nitrogens with zero attached hydrogens (tertiary/aromatic N) is 4. The first kappa shape index (κ1) is 36.8. The van der Waals surface area contributed by atoms with Crippen LogP contribution in [0.25, 0.3) is 33.6 Å². The summed E-state index contributed by atoms with van der Waals surface area (Å²) in [6.45, 7) is 8.06. The second kappa shape index (κ2) is 16.2. The van der Waals surface area contributed by atoms with E-state index in [4.69, 9.17) is 0 Å². The molecule has 11 nitrogen and oxygen atoms in total. The van der Waals surface area contributed by atoms with Crippen LogP contribution in [0.4, 0.5) is 0 Å². The molecule has 0 bridgehead atoms. The van der Waals surface area contributed by atoms with Gasteiger partial charge in [0.2, 0.25) is 17.7 Å². The van der Waals surface area contributed by atoms with Crippen molar-refractivity contribution in [3.63, 3.8) is 0 Å². The van der Waals surface area contributed by atoms with Gasteiger partial charge in [0.15, 0.2) is 0 Å². The molecular weight excluding hydrogens is 677 g/mol. The fourth-order valence-corrected chi connectivity index (χ4v) is 7.28. The molecule has 2 aromatic heterocycles. The third-order valence-electron chi connectivity index (χ3n) is 10.8. The van der Waals surface area contributed by atoms with Gasteiger partial charge in [-0.2, -0.15) is 0 Å². The summed E-state index contributed by atoms with van der Waals surface area (Å²) in [5, 5.41) is 6.01. The number of carbonyl (C=O) groups excluding carboxylic acids is 3. The molecule has 7 rings (SSSR count). The van der Waals surface area contributed by atoms with E-state index >= 15 is 0 Å². The molecule has 2 aliphatic rings. The number of hydrogen-bond donors (Lipinski definition) is 4. The summed E-state index contributed by atoms with van der Waals surface area (Å²) in [6, 6.07) is 25.7. The van der Waals surface area contributed by atoms with Gasteiger partial charge >= 0.3 is 0 Å². The number of amides is 3. The number of carbonyl (C=O) groups is 3. The first-order valence-corrected chi connectivity index (χ1v) is 19.1. The molecule has 3 aromatic carbocycles. The summed E-state index contributed by atoms with van der Waals surface area (Å²) in [4.78, 5) is 59.4. The van der Waals surface area contributed by atoms with Crippen molar-refractivity contribution >= 4 is 17.7 Å². The lowest BCUT2D eigenvalue weighted by molar-refractivity contribution is -0.137. The molecule has 4 N–H and O–H groups in total. The van der Waals surface area contributed by atoms with Crippen molar-refractivity contribution < 1.29 is 14.4 Å². The molecule has 0 saturated heterocycles. The molecule has 2 fully saturated rings. The monoisotopic (exact) mass is 726 g/mol. The second-order valence-electron chi connectivity index (χ2n) is 14.8. The Labute approximate surface area is 317 Å². The van der Waals surface area contributed by atoms with E-state index in [0.717, 1.165) is 64.3 Å². The van der Waals surface area contributed by atoms with Crippen molar-refractivity contribution in [1.29, 1.82) is 0 Å². The normalized spacial score (nSPS) is 18.2. The van der Waals surface area contributed by atoms with Gasteiger partial charge in [-0.3, -0.25) is 14.4 Å². The SMILES string of the molecule is CCCN(Cc1ncc(-c2ccc(-c3ccc(-c4cnc(CN(C(=O)CNC)C5C(C)[C@H]5C)[nH]4)cc3)cc2)[nH]1)C(=O)[C@H](NC(=O)C1CC1)c1ccccc1. The predicted octanol–water partition coefficient (Wildman–Crippen LogP) is 6.34. The van der Waals surface area contributed by atoms with E-state index in [2.05, 4.69) is 92.9 Å². The van der Waals surface area contributed by atoms with Gasteiger partial charge < -0.3 is 30.4 Å². The lowest BCUT2D eigenvalue weighted by Gasteiger charge is -2.27. The number of likely N-dealkylation sites (N-methyl/N-ethyl adjacent to an activating group) is 1. The Hall–Kier alpha value is -5.55. The fourth-order valence-electron chi connectivity index (χ4n) is 7.28. The van der Waals surface area contributed by atoms with Crippen molar-refractivity contribution in [2.75, 3.05) is 20.1 Å². The maximum Gasteiger partial charge on any atom is 0.250 e. The average Bonchev–Trinajstić information content (AvgIpc) is 4.01. The van der Waals surface area contributed by atoms with E-state index < -0.39 is 6.04 Å². The lowest BCUT2D eigenvalue weighted by atomic mass is 10.0. The largest absolute Gasteiger partial charge is 0.341 e. The number of H-pyrrole nitrogens is 2. The van der Waals surface area contributed by atoms with Crippen molar-refractivity contribution in [1.82, 2.24) is 40.4 Å². The molecule has 54 heavy (non-hydrogen) atoms. The zero-order valence-electron chi connectivity index (χ0n) is 31.5. The van der Waals surface area contributed by atoms with E-state index in [9.17, 15) is 14.4 Å². The zero-order chi connectivity index (χ0) is 37.8. The smallest absolute Gasteiger partial charge is 0.250 e. The second-order valence-corrected chi connectivity index (χ2v) is 14.8. The molecule has 4 atom stereocenters. The minimum atomic E-state index is -0.741. The Morgan fingerprint density at radius 2 is 1.31 bits per heavy atom. The molecule has 0 spiro atoms. The van der Waals surface area contributed by atoms with Gasteiger partial charge in [-0.1, -0.05) is 99.6 Å². The molecular formula is C43H50N8O3. The Kier molecular flexibility index (Phi) is 11.1. The zero-order valence-corrected chi connectivity index (χ0v) is 31.5. The summed E-state index contributed by atoms with van der Waals surface area (Å²) in [5.74, 6) is 2.34. The van der Waals surface area contributed by atoms with Gasteiger partial charge in [-0.05, 0) is 66.0 Å². The van der Waals surface area contributed by atoms with Crippen LogP contribution in [0, 0.1) is 17.8 Å². The van der Waals surface area contributed by atoms with Crippen LogP contribution in [-0.4, -0.2) is 73.6 Å². The number of aromatic amines is 2. The summed E-state index contributed by atoms with van der Waals surface area (Å²) in [7, 11) is 1.80. The van der Waals surface area contributed by atoms with Crippen LogP contribution < -0.4 is 10.6 Å². The predicted molar refractivity (Wildman–Crippen MR) is 209 cm³/mol. The van der Waals surface area contributed by atoms with E-state index in [1.165, 1.54) is 0 Å². The van der Waals surface area contributed by atoms with Crippen LogP contribution in [0.1, 0.15) is 63.3 Å². The minimum absolute atomic E-state index is 0.00222. The van der Waals surface area contributed by atoms with E-state index in [1.54, 1.807) is 18.1 Å². The summed E-state index contributed by atoms with van der Waals surface area (Å²) < 4.78 is 0. The molecule has 2 heterocycles. The van der Waals surface area contributed by atoms with Crippen LogP contribution in [0.5, 0.6) is 0 Å². The van der Waals surface area contributed by atoms with E-state index in [1.807, 2.05) is 48.4 Å². The number of benzene rings is 3. The fraction of sp³-hybridized carbons (Fsp3) is 0.372. The third-order valence-corrected chi connectivity index (χ3v) is 10.8. The Morgan fingerprint density at radius 1 is 0.778 bits per heavy atom. The van der Waals surface area contributed by atoms with E-state index in [-0.39, 0.29) is 29.7 Å². The maximum atomic E-state index is 13.9. The topological polar surface area (TPSA) is 139 Å². The van der Waals surface area contributed by atoms with Crippen LogP contribution in [0.15, 0.2) is 91.3 Å². The number of aromatic nitrogens is 4. The van der Waals surface area contributed by atoms with Crippen LogP contribution in [0.3, 0.4) is 0 Å². The molecule has 2 unspecified atom stereocenters. The van der Waals surface area contributed by atoms with Gasteiger partial charge in [0.1, 0.15) is 17.7 Å². The molecule has 280 valence electrons. The quantitative estimate of drug-likeness (QED) is 0.0936. The highest BCUT2D eigenvalue weighted by Gasteiger charge is 2.48. The third kappa shape index (κ3) is 8.31. The number of rotatable bonds is 16. The summed E-state index contributed by atoms with van der Waals surface area (Å²) in [5.41, 5.74) is 6.74. The van der Waals surface area contributed by atoms with Crippen molar-refractivity contribution in [2.24, 2.45) is 17.8 Å². The summed E-state index contributed by atoms with van der Waals surface area (Å²) >= 11 is 0. The molecule has 2 aliphatic carbocycles. The maximum absolute atomic E-state index is 13.9. The highest BCUT2D eigenvalue weighted by Crippen LogP contribution is 2.43. The van der Waals surface area contributed by atoms with Crippen molar-refractivity contribution in [2.45, 2.75) is 65.2 Å². The summed E-state index contributed by atoms with van der Waals surface area (Å²) in [6.07, 6.45) is 6.16. The molecule has 11 heteroatoms. The average molecular weight is 727 g/mol. The standard InChI is InChI=1S/C43H50N8O3/c1-5-21-50(43(54)40(33-9-7-6-8-10-33)49-42(53)34-19-20-34)25-37-45-22-35(47-37)31-15-11-29(12-16-31)30-13-17-32(18-14-30)36-23-46-38(48-36)26-51(39(52)24-44-4)41-27(2)28(41)3/h6-18,22-23,27-28,34,40-41,44H,5,19-21,24-26H2,1-4H3,(H,45,47)(H,46,48)(H,49,53)/t27-,28?,40-,41?/m1/s1. The first-order chi connectivity index (χ1) is 26.2. The van der Waals surface area contributed by atoms with Crippen molar-refractivity contribution in [3.05, 3.63) is 108 Å². The highest BCUT2D eigenvalue weighted by atomic mass is 16.2. The van der Waals surface area contributed by atoms with E-state index in [0.29, 0.717) is 43.8 Å². The lowest BCUT2D eigenvalue weighted by Crippen LogP contribution is -2.43. The van der Waals surface area contributed by atoms with Crippen LogP contribution in [0.2, 0.25) is 0 Å². The number of nitrogens with one attached hydrogen (secondary N) is 4. The van der Waals surface area contributed by atoms with Gasteiger partial charge in [0, 0.05) is 18.5 Å². The molecule has 3 amide bonds. The van der Waals surface area contributed by atoms with Crippen LogP contribution in [-0.2, 0) is 27.5 Å². The minimum Gasteiger partial charge on any atom is -0.341 e. The molecule has 0 radical (unpaired) electrons. The Morgan fingerprint density at radius 3 is 1.81 bits per heavy atom. The van der Waals surface area contributed by atoms with Crippen molar-refractivity contribution in [3.8, 4) is 33.6 Å². The van der Waals surface area contributed by atoms with Gasteiger partial charge in [-0.25, -0.2) is 9.97 Å².